The van der Waals surface area contributed by atoms with Crippen LogP contribution in [-0.4, -0.2) is 49.6 Å². The second-order valence-electron chi connectivity index (χ2n) is 4.63. The predicted molar refractivity (Wildman–Crippen MR) is 75.9 cm³/mol. The highest BCUT2D eigenvalue weighted by molar-refractivity contribution is 5.81. The van der Waals surface area contributed by atoms with Gasteiger partial charge in [-0.1, -0.05) is 26.7 Å². The molecule has 0 saturated carbocycles. The summed E-state index contributed by atoms with van der Waals surface area (Å²) >= 11 is 0. The molecule has 1 unspecified atom stereocenters. The number of carbonyl (C=O) groups is 2. The van der Waals surface area contributed by atoms with Crippen LogP contribution in [0.25, 0.3) is 0 Å². The van der Waals surface area contributed by atoms with Gasteiger partial charge in [0.1, 0.15) is 0 Å². The molecule has 0 radical (unpaired) electrons. The average molecular weight is 272 g/mol. The molecule has 1 N–H and O–H groups in total. The molecule has 0 fully saturated rings. The molecule has 0 rings (SSSR count). The third kappa shape index (κ3) is 7.82. The van der Waals surface area contributed by atoms with Gasteiger partial charge < -0.3 is 10.1 Å². The Morgan fingerprint density at radius 2 is 1.95 bits per heavy atom. The highest BCUT2D eigenvalue weighted by Gasteiger charge is 2.20. The van der Waals surface area contributed by atoms with Crippen LogP contribution in [0.1, 0.15) is 46.5 Å². The van der Waals surface area contributed by atoms with Gasteiger partial charge >= 0.3 is 5.97 Å². The number of carbonyl (C=O) groups excluding carboxylic acids is 2. The smallest absolute Gasteiger partial charge is 0.306 e. The summed E-state index contributed by atoms with van der Waals surface area (Å²) in [5, 5.41) is 2.94. The maximum Gasteiger partial charge on any atom is 0.306 e. The van der Waals surface area contributed by atoms with Gasteiger partial charge in [0.25, 0.3) is 0 Å². The molecule has 0 aromatic rings. The van der Waals surface area contributed by atoms with Crippen molar-refractivity contribution < 1.29 is 14.3 Å². The quantitative estimate of drug-likeness (QED) is 0.484. The molecule has 0 saturated heterocycles. The Morgan fingerprint density at radius 3 is 2.47 bits per heavy atom. The van der Waals surface area contributed by atoms with Gasteiger partial charge in [0.15, 0.2) is 0 Å². The molecule has 112 valence electrons. The summed E-state index contributed by atoms with van der Waals surface area (Å²) in [6.07, 6.45) is 3.61. The Bertz CT molecular complexity index is 269. The molecular formula is C14H28N2O3. The molecule has 1 amide bonds. The minimum Gasteiger partial charge on any atom is -0.469 e. The third-order valence-corrected chi connectivity index (χ3v) is 3.24. The van der Waals surface area contributed by atoms with Crippen LogP contribution >= 0.6 is 0 Å². The molecule has 0 aliphatic carbocycles. The van der Waals surface area contributed by atoms with Crippen LogP contribution in [0, 0.1) is 0 Å². The van der Waals surface area contributed by atoms with E-state index in [1.807, 2.05) is 18.7 Å². The summed E-state index contributed by atoms with van der Waals surface area (Å²) in [6.45, 7) is 8.00. The third-order valence-electron chi connectivity index (χ3n) is 3.24. The maximum atomic E-state index is 12.0. The van der Waals surface area contributed by atoms with Crippen LogP contribution in [-0.2, 0) is 14.3 Å². The van der Waals surface area contributed by atoms with E-state index >= 15 is 0 Å². The second kappa shape index (κ2) is 10.8. The molecule has 0 spiro atoms. The summed E-state index contributed by atoms with van der Waals surface area (Å²) in [7, 11) is 1.38. The molecule has 0 aliphatic rings. The number of rotatable bonds is 10. The summed E-state index contributed by atoms with van der Waals surface area (Å²) in [5.74, 6) is -0.211. The first kappa shape index (κ1) is 17.9. The van der Waals surface area contributed by atoms with Gasteiger partial charge in [-0.05, 0) is 19.9 Å². The van der Waals surface area contributed by atoms with E-state index in [2.05, 4.69) is 17.0 Å². The second-order valence-corrected chi connectivity index (χ2v) is 4.63. The van der Waals surface area contributed by atoms with Crippen molar-refractivity contribution in [1.29, 1.82) is 0 Å². The van der Waals surface area contributed by atoms with Crippen LogP contribution in [0.15, 0.2) is 0 Å². The fourth-order valence-corrected chi connectivity index (χ4v) is 1.86. The molecule has 0 bridgehead atoms. The van der Waals surface area contributed by atoms with Crippen LogP contribution in [0.2, 0.25) is 0 Å². The molecule has 0 aliphatic heterocycles. The van der Waals surface area contributed by atoms with Gasteiger partial charge in [-0.2, -0.15) is 0 Å². The molecule has 0 aromatic carbocycles. The lowest BCUT2D eigenvalue weighted by atomic mass is 10.2. The zero-order valence-electron chi connectivity index (χ0n) is 12.7. The van der Waals surface area contributed by atoms with E-state index in [0.717, 1.165) is 32.4 Å². The Morgan fingerprint density at radius 1 is 1.26 bits per heavy atom. The van der Waals surface area contributed by atoms with Crippen molar-refractivity contribution in [2.24, 2.45) is 0 Å². The number of nitrogens with zero attached hydrogens (tertiary/aromatic N) is 1. The summed E-state index contributed by atoms with van der Waals surface area (Å²) in [5.41, 5.74) is 0. The molecule has 5 heteroatoms. The lowest BCUT2D eigenvalue weighted by Gasteiger charge is -2.26. The van der Waals surface area contributed by atoms with E-state index in [4.69, 9.17) is 0 Å². The number of ether oxygens (including phenoxy) is 1. The van der Waals surface area contributed by atoms with E-state index < -0.39 is 0 Å². The monoisotopic (exact) mass is 272 g/mol. The van der Waals surface area contributed by atoms with E-state index in [0.29, 0.717) is 13.0 Å². The van der Waals surface area contributed by atoms with Gasteiger partial charge in [0.05, 0.1) is 19.6 Å². The highest BCUT2D eigenvalue weighted by atomic mass is 16.5. The lowest BCUT2D eigenvalue weighted by Crippen LogP contribution is -2.46. The zero-order chi connectivity index (χ0) is 14.7. The molecule has 19 heavy (non-hydrogen) atoms. The largest absolute Gasteiger partial charge is 0.469 e. The number of amides is 1. The van der Waals surface area contributed by atoms with Crippen molar-refractivity contribution in [2.45, 2.75) is 52.5 Å². The zero-order valence-corrected chi connectivity index (χ0v) is 12.7. The normalized spacial score (nSPS) is 12.3. The van der Waals surface area contributed by atoms with Crippen LogP contribution in [0.3, 0.4) is 0 Å². The summed E-state index contributed by atoms with van der Waals surface area (Å²) < 4.78 is 4.61. The first-order valence-electron chi connectivity index (χ1n) is 7.15. The van der Waals surface area contributed by atoms with E-state index in [-0.39, 0.29) is 17.9 Å². The van der Waals surface area contributed by atoms with Crippen molar-refractivity contribution >= 4 is 11.9 Å². The number of methoxy groups -OCH3 is 1. The summed E-state index contributed by atoms with van der Waals surface area (Å²) in [4.78, 5) is 25.0. The van der Waals surface area contributed by atoms with E-state index in [1.54, 1.807) is 0 Å². The first-order chi connectivity index (χ1) is 9.06. The van der Waals surface area contributed by atoms with Crippen LogP contribution in [0.5, 0.6) is 0 Å². The van der Waals surface area contributed by atoms with Crippen molar-refractivity contribution in [3.05, 3.63) is 0 Å². The lowest BCUT2D eigenvalue weighted by molar-refractivity contribution is -0.141. The SMILES string of the molecule is CCCCCNC(=O)C(C)N(CC)CCC(=O)OC. The number of nitrogens with one attached hydrogen (secondary N) is 1. The Hall–Kier alpha value is -1.10. The van der Waals surface area contributed by atoms with Crippen LogP contribution in [0.4, 0.5) is 0 Å². The number of unbranched alkanes of at least 4 members (excludes halogenated alkanes) is 2. The molecule has 0 aromatic heterocycles. The molecule has 5 nitrogen and oxygen atoms in total. The summed E-state index contributed by atoms with van der Waals surface area (Å²) in [6, 6.07) is -0.212. The standard InChI is InChI=1S/C14H28N2O3/c1-5-7-8-10-15-14(18)12(3)16(6-2)11-9-13(17)19-4/h12H,5-11H2,1-4H3,(H,15,18). The van der Waals surface area contributed by atoms with E-state index in [9.17, 15) is 9.59 Å². The van der Waals surface area contributed by atoms with Gasteiger partial charge in [0.2, 0.25) is 5.91 Å². The van der Waals surface area contributed by atoms with Crippen molar-refractivity contribution in [1.82, 2.24) is 10.2 Å². The molecule has 1 atom stereocenters. The minimum absolute atomic E-state index is 0.0304. The van der Waals surface area contributed by atoms with Crippen molar-refractivity contribution in [3.8, 4) is 0 Å². The number of hydrogen-bond acceptors (Lipinski definition) is 4. The number of hydrogen-bond donors (Lipinski definition) is 1. The molecule has 0 heterocycles. The van der Waals surface area contributed by atoms with Gasteiger partial charge in [0, 0.05) is 13.1 Å². The maximum absolute atomic E-state index is 12.0. The van der Waals surface area contributed by atoms with Crippen LogP contribution < -0.4 is 5.32 Å². The Kier molecular flexibility index (Phi) is 10.2. The predicted octanol–water partition coefficient (Wildman–Crippen LogP) is 1.57. The average Bonchev–Trinajstić information content (AvgIpc) is 2.43. The van der Waals surface area contributed by atoms with Gasteiger partial charge in [-0.3, -0.25) is 14.5 Å². The Labute approximate surface area is 116 Å². The fourth-order valence-electron chi connectivity index (χ4n) is 1.86. The van der Waals surface area contributed by atoms with Gasteiger partial charge in [-0.15, -0.1) is 0 Å². The number of likely N-dealkylation sites (N-methyl/N-ethyl adjacent to an activating group) is 1. The Balaban J connectivity index is 4.06. The first-order valence-corrected chi connectivity index (χ1v) is 7.15. The van der Waals surface area contributed by atoms with E-state index in [1.165, 1.54) is 7.11 Å². The van der Waals surface area contributed by atoms with Crippen molar-refractivity contribution in [2.75, 3.05) is 26.7 Å². The van der Waals surface area contributed by atoms with Crippen molar-refractivity contribution in [3.63, 3.8) is 0 Å². The molecular weight excluding hydrogens is 244 g/mol. The minimum atomic E-state index is -0.242. The topological polar surface area (TPSA) is 58.6 Å². The highest BCUT2D eigenvalue weighted by Crippen LogP contribution is 2.02. The fraction of sp³-hybridized carbons (Fsp3) is 0.857. The van der Waals surface area contributed by atoms with Gasteiger partial charge in [-0.25, -0.2) is 0 Å². The number of esters is 1.